The van der Waals surface area contributed by atoms with Gasteiger partial charge in [-0.1, -0.05) is 0 Å². The fraction of sp³-hybridized carbons (Fsp3) is 0.611. The maximum absolute atomic E-state index is 13.0. The molecule has 0 aliphatic carbocycles. The van der Waals surface area contributed by atoms with Gasteiger partial charge < -0.3 is 15.4 Å². The Labute approximate surface area is 159 Å². The van der Waals surface area contributed by atoms with Crippen molar-refractivity contribution in [2.75, 3.05) is 32.8 Å². The summed E-state index contributed by atoms with van der Waals surface area (Å²) in [6.45, 7) is 2.34. The number of nitrogens with zero attached hydrogens (tertiary/aromatic N) is 1. The van der Waals surface area contributed by atoms with Crippen molar-refractivity contribution >= 4 is 15.9 Å². The zero-order chi connectivity index (χ0) is 19.5. The van der Waals surface area contributed by atoms with Gasteiger partial charge in [-0.3, -0.25) is 4.79 Å². The number of sulfonamides is 1. The van der Waals surface area contributed by atoms with E-state index in [0.717, 1.165) is 12.1 Å². The number of likely N-dealkylation sites (tertiary alicyclic amines) is 1. The lowest BCUT2D eigenvalue weighted by atomic mass is 9.78. The van der Waals surface area contributed by atoms with Crippen molar-refractivity contribution in [3.63, 3.8) is 0 Å². The number of amides is 1. The molecule has 27 heavy (non-hydrogen) atoms. The number of benzene rings is 1. The summed E-state index contributed by atoms with van der Waals surface area (Å²) in [6, 6.07) is 4.47. The summed E-state index contributed by atoms with van der Waals surface area (Å²) in [4.78, 5) is 14.8. The fourth-order valence-corrected chi connectivity index (χ4v) is 5.01. The zero-order valence-electron chi connectivity index (χ0n) is 15.2. The van der Waals surface area contributed by atoms with Crippen molar-refractivity contribution in [2.24, 2.45) is 11.1 Å². The van der Waals surface area contributed by atoms with Crippen LogP contribution in [-0.4, -0.2) is 58.1 Å². The monoisotopic (exact) mass is 399 g/mol. The van der Waals surface area contributed by atoms with Crippen molar-refractivity contribution in [2.45, 2.75) is 36.6 Å². The van der Waals surface area contributed by atoms with Gasteiger partial charge in [-0.05, 0) is 49.9 Å². The van der Waals surface area contributed by atoms with Crippen molar-refractivity contribution in [1.82, 2.24) is 9.62 Å². The van der Waals surface area contributed by atoms with Crippen molar-refractivity contribution in [3.8, 4) is 0 Å². The van der Waals surface area contributed by atoms with Gasteiger partial charge in [-0.25, -0.2) is 17.5 Å². The maximum Gasteiger partial charge on any atom is 0.240 e. The van der Waals surface area contributed by atoms with E-state index in [1.807, 2.05) is 0 Å². The molecule has 2 aliphatic rings. The molecule has 3 N–H and O–H groups in total. The smallest absolute Gasteiger partial charge is 0.240 e. The minimum Gasteiger partial charge on any atom is -0.381 e. The number of carbonyl (C=O) groups is 1. The first-order valence-corrected chi connectivity index (χ1v) is 10.7. The lowest BCUT2D eigenvalue weighted by Crippen LogP contribution is -2.54. The molecule has 3 rings (SSSR count). The first kappa shape index (κ1) is 20.2. The Balaban J connectivity index is 1.58. The Kier molecular flexibility index (Phi) is 6.15. The molecule has 150 valence electrons. The molecular formula is C18H26FN3O4S. The topological polar surface area (TPSA) is 102 Å². The number of hydrogen-bond acceptors (Lipinski definition) is 5. The summed E-state index contributed by atoms with van der Waals surface area (Å²) in [5.74, 6) is -0.434. The maximum atomic E-state index is 13.0. The Hall–Kier alpha value is -1.55. The number of rotatable bonds is 5. The molecule has 0 spiro atoms. The van der Waals surface area contributed by atoms with Crippen LogP contribution in [0.5, 0.6) is 0 Å². The Morgan fingerprint density at radius 3 is 2.37 bits per heavy atom. The molecule has 2 fully saturated rings. The van der Waals surface area contributed by atoms with Crippen molar-refractivity contribution in [1.29, 1.82) is 0 Å². The Bertz CT molecular complexity index is 755. The zero-order valence-corrected chi connectivity index (χ0v) is 16.0. The fourth-order valence-electron chi connectivity index (χ4n) is 3.70. The summed E-state index contributed by atoms with van der Waals surface area (Å²) < 4.78 is 45.9. The average molecular weight is 399 g/mol. The lowest BCUT2D eigenvalue weighted by molar-refractivity contribution is -0.148. The van der Waals surface area contributed by atoms with E-state index in [9.17, 15) is 17.6 Å². The van der Waals surface area contributed by atoms with E-state index in [0.29, 0.717) is 58.5 Å². The van der Waals surface area contributed by atoms with E-state index in [1.165, 1.54) is 12.1 Å². The number of halogens is 1. The predicted octanol–water partition coefficient (Wildman–Crippen LogP) is 0.850. The second kappa shape index (κ2) is 8.22. The van der Waals surface area contributed by atoms with Crippen molar-refractivity contribution < 1.29 is 22.3 Å². The summed E-state index contributed by atoms with van der Waals surface area (Å²) in [5.41, 5.74) is 5.35. The predicted molar refractivity (Wildman–Crippen MR) is 97.9 cm³/mol. The van der Waals surface area contributed by atoms with E-state index >= 15 is 0 Å². The first-order valence-electron chi connectivity index (χ1n) is 9.21. The van der Waals surface area contributed by atoms with Crippen LogP contribution in [0, 0.1) is 11.2 Å². The molecule has 1 amide bonds. The second-order valence-electron chi connectivity index (χ2n) is 7.24. The number of hydrogen-bond donors (Lipinski definition) is 2. The van der Waals surface area contributed by atoms with Gasteiger partial charge in [-0.15, -0.1) is 0 Å². The SMILES string of the molecule is NCC1(C(=O)N2CCC(NS(=O)(=O)c3ccc(F)cc3)CC2)CCOCC1. The third-order valence-electron chi connectivity index (χ3n) is 5.52. The highest BCUT2D eigenvalue weighted by Crippen LogP contribution is 2.32. The average Bonchev–Trinajstić information content (AvgIpc) is 2.68. The third-order valence-corrected chi connectivity index (χ3v) is 7.06. The molecule has 0 radical (unpaired) electrons. The van der Waals surface area contributed by atoms with Crippen molar-refractivity contribution in [3.05, 3.63) is 30.1 Å². The lowest BCUT2D eigenvalue weighted by Gasteiger charge is -2.41. The van der Waals surface area contributed by atoms with Crippen LogP contribution in [-0.2, 0) is 19.6 Å². The van der Waals surface area contributed by atoms with Gasteiger partial charge in [0.15, 0.2) is 0 Å². The van der Waals surface area contributed by atoms with Gasteiger partial charge in [0.1, 0.15) is 5.82 Å². The molecule has 0 aromatic heterocycles. The largest absolute Gasteiger partial charge is 0.381 e. The summed E-state index contributed by atoms with van der Waals surface area (Å²) in [5, 5.41) is 0. The van der Waals surface area contributed by atoms with Crippen LogP contribution in [0.3, 0.4) is 0 Å². The molecular weight excluding hydrogens is 373 g/mol. The number of piperidine rings is 1. The molecule has 9 heteroatoms. The molecule has 0 saturated carbocycles. The third kappa shape index (κ3) is 4.48. The number of nitrogens with one attached hydrogen (secondary N) is 1. The molecule has 0 bridgehead atoms. The Morgan fingerprint density at radius 1 is 1.22 bits per heavy atom. The van der Waals surface area contributed by atoms with Crippen LogP contribution in [0.15, 0.2) is 29.2 Å². The van der Waals surface area contributed by atoms with Crippen LogP contribution in [0.1, 0.15) is 25.7 Å². The summed E-state index contributed by atoms with van der Waals surface area (Å²) >= 11 is 0. The highest BCUT2D eigenvalue weighted by Gasteiger charge is 2.42. The Morgan fingerprint density at radius 2 is 1.81 bits per heavy atom. The number of ether oxygens (including phenoxy) is 1. The number of carbonyl (C=O) groups excluding carboxylic acids is 1. The number of nitrogens with two attached hydrogens (primary N) is 1. The molecule has 2 heterocycles. The van der Waals surface area contributed by atoms with Crippen LogP contribution < -0.4 is 10.5 Å². The summed E-state index contributed by atoms with van der Waals surface area (Å²) in [7, 11) is -3.71. The van der Waals surface area contributed by atoms with E-state index in [2.05, 4.69) is 4.72 Å². The van der Waals surface area contributed by atoms with E-state index in [-0.39, 0.29) is 16.8 Å². The van der Waals surface area contributed by atoms with Crippen LogP contribution >= 0.6 is 0 Å². The van der Waals surface area contributed by atoms with Gasteiger partial charge in [0.2, 0.25) is 15.9 Å². The van der Waals surface area contributed by atoms with E-state index in [4.69, 9.17) is 10.5 Å². The quantitative estimate of drug-likeness (QED) is 0.764. The second-order valence-corrected chi connectivity index (χ2v) is 8.95. The minimum absolute atomic E-state index is 0.0340. The van der Waals surface area contributed by atoms with Crippen LogP contribution in [0.4, 0.5) is 4.39 Å². The molecule has 7 nitrogen and oxygen atoms in total. The molecule has 0 atom stereocenters. The normalized spacial score (nSPS) is 21.2. The molecule has 2 saturated heterocycles. The van der Waals surface area contributed by atoms with Gasteiger partial charge in [0.25, 0.3) is 0 Å². The van der Waals surface area contributed by atoms with Gasteiger partial charge in [-0.2, -0.15) is 0 Å². The van der Waals surface area contributed by atoms with Crippen LogP contribution in [0.25, 0.3) is 0 Å². The van der Waals surface area contributed by atoms with Gasteiger partial charge in [0, 0.05) is 38.9 Å². The minimum atomic E-state index is -3.71. The standard InChI is InChI=1S/C18H26FN3O4S/c19-14-1-3-16(4-2-14)27(24,25)21-15-5-9-22(10-6-15)17(23)18(13-20)7-11-26-12-8-18/h1-4,15,21H,5-13,20H2. The molecule has 1 aromatic rings. The first-order chi connectivity index (χ1) is 12.9. The molecule has 0 unspecified atom stereocenters. The highest BCUT2D eigenvalue weighted by atomic mass is 32.2. The van der Waals surface area contributed by atoms with E-state index < -0.39 is 21.3 Å². The van der Waals surface area contributed by atoms with Gasteiger partial charge >= 0.3 is 0 Å². The summed E-state index contributed by atoms with van der Waals surface area (Å²) in [6.07, 6.45) is 2.31. The highest BCUT2D eigenvalue weighted by molar-refractivity contribution is 7.89. The van der Waals surface area contributed by atoms with Gasteiger partial charge in [0.05, 0.1) is 10.3 Å². The van der Waals surface area contributed by atoms with E-state index in [1.54, 1.807) is 4.90 Å². The molecule has 2 aliphatic heterocycles. The van der Waals surface area contributed by atoms with Crippen LogP contribution in [0.2, 0.25) is 0 Å². The molecule has 1 aromatic carbocycles.